The van der Waals surface area contributed by atoms with Crippen LogP contribution >= 0.6 is 0 Å². The summed E-state index contributed by atoms with van der Waals surface area (Å²) in [5, 5.41) is 23.3. The van der Waals surface area contributed by atoms with Crippen molar-refractivity contribution < 1.29 is 0 Å². The van der Waals surface area contributed by atoms with E-state index >= 15 is 0 Å². The van der Waals surface area contributed by atoms with E-state index in [2.05, 4.69) is 182 Å². The van der Waals surface area contributed by atoms with Gasteiger partial charge in [-0.1, -0.05) is 140 Å². The molecule has 12 aromatic carbocycles. The molecule has 0 fully saturated rings. The Morgan fingerprint density at radius 3 is 1.27 bits per heavy atom. The minimum atomic E-state index is 1.25. The van der Waals surface area contributed by atoms with E-state index in [1.165, 1.54) is 119 Å². The molecular weight excluding hydrogens is 625 g/mol. The maximum atomic E-state index is 2.43. The zero-order chi connectivity index (χ0) is 33.9. The number of rotatable bonds is 2. The molecule has 0 aliphatic heterocycles. The van der Waals surface area contributed by atoms with E-state index in [-0.39, 0.29) is 0 Å². The van der Waals surface area contributed by atoms with E-state index in [0.29, 0.717) is 0 Å². The normalized spacial score (nSPS) is 12.2. The van der Waals surface area contributed by atoms with Crippen molar-refractivity contribution in [3.63, 3.8) is 0 Å². The van der Waals surface area contributed by atoms with Gasteiger partial charge in [0.1, 0.15) is 0 Å². The van der Waals surface area contributed by atoms with Crippen LogP contribution in [0.5, 0.6) is 0 Å². The molecule has 0 aliphatic carbocycles. The predicted molar refractivity (Wildman–Crippen MR) is 226 cm³/mol. The van der Waals surface area contributed by atoms with Gasteiger partial charge in [0.15, 0.2) is 0 Å². The number of hydrogen-bond acceptors (Lipinski definition) is 0. The van der Waals surface area contributed by atoms with Crippen molar-refractivity contribution in [1.82, 2.24) is 0 Å². The summed E-state index contributed by atoms with van der Waals surface area (Å²) < 4.78 is 0. The van der Waals surface area contributed by atoms with Crippen LogP contribution in [0, 0.1) is 0 Å². The highest BCUT2D eigenvalue weighted by Gasteiger charge is 2.17. The minimum Gasteiger partial charge on any atom is -0.0616 e. The van der Waals surface area contributed by atoms with Gasteiger partial charge in [-0.25, -0.2) is 0 Å². The average molecular weight is 655 g/mol. The predicted octanol–water partition coefficient (Wildman–Crippen LogP) is 14.8. The molecule has 12 rings (SSSR count). The Kier molecular flexibility index (Phi) is 5.59. The molecule has 12 aromatic rings. The van der Waals surface area contributed by atoms with E-state index in [4.69, 9.17) is 0 Å². The molecule has 0 atom stereocenters. The second kappa shape index (κ2) is 10.4. The maximum absolute atomic E-state index is 2.43. The summed E-state index contributed by atoms with van der Waals surface area (Å²) in [4.78, 5) is 0. The molecule has 0 unspecified atom stereocenters. The van der Waals surface area contributed by atoms with Crippen molar-refractivity contribution in [1.29, 1.82) is 0 Å². The van der Waals surface area contributed by atoms with E-state index < -0.39 is 0 Å². The first-order valence-corrected chi connectivity index (χ1v) is 18.2. The summed E-state index contributed by atoms with van der Waals surface area (Å²) in [6.45, 7) is 0. The molecule has 0 radical (unpaired) electrons. The first-order chi connectivity index (χ1) is 25.7. The number of benzene rings is 12. The Morgan fingerprint density at radius 2 is 0.635 bits per heavy atom. The zero-order valence-corrected chi connectivity index (χ0v) is 28.3. The minimum absolute atomic E-state index is 1.25. The van der Waals surface area contributed by atoms with Crippen LogP contribution in [0.1, 0.15) is 0 Å². The molecule has 0 nitrogen and oxygen atoms in total. The molecule has 0 aromatic heterocycles. The summed E-state index contributed by atoms with van der Waals surface area (Å²) in [7, 11) is 0. The van der Waals surface area contributed by atoms with E-state index in [0.717, 1.165) is 0 Å². The van der Waals surface area contributed by atoms with Crippen LogP contribution in [0.2, 0.25) is 0 Å². The quantitative estimate of drug-likeness (QED) is 0.129. The summed E-state index contributed by atoms with van der Waals surface area (Å²) >= 11 is 0. The van der Waals surface area contributed by atoms with Crippen LogP contribution in [-0.4, -0.2) is 0 Å². The van der Waals surface area contributed by atoms with E-state index in [9.17, 15) is 0 Å². The molecule has 0 amide bonds. The fraction of sp³-hybridized carbons (Fsp3) is 0. The van der Waals surface area contributed by atoms with Gasteiger partial charge in [-0.15, -0.1) is 0 Å². The third kappa shape index (κ3) is 3.98. The lowest BCUT2D eigenvalue weighted by molar-refractivity contribution is 1.69. The van der Waals surface area contributed by atoms with Crippen LogP contribution in [0.25, 0.3) is 119 Å². The van der Waals surface area contributed by atoms with Gasteiger partial charge in [0.25, 0.3) is 0 Å². The Labute approximate surface area is 300 Å². The Bertz CT molecular complexity index is 3450. The summed E-state index contributed by atoms with van der Waals surface area (Å²) in [5.41, 5.74) is 5.06. The molecule has 0 aliphatic rings. The maximum Gasteiger partial charge on any atom is -0.00201 e. The number of fused-ring (bicyclic) bond motifs is 8. The smallest absolute Gasteiger partial charge is 0.00201 e. The molecule has 0 saturated heterocycles. The van der Waals surface area contributed by atoms with Crippen molar-refractivity contribution >= 4 is 97.0 Å². The summed E-state index contributed by atoms with van der Waals surface area (Å²) in [6.07, 6.45) is 0. The van der Waals surface area contributed by atoms with Gasteiger partial charge in [-0.3, -0.25) is 0 Å². The Morgan fingerprint density at radius 1 is 0.192 bits per heavy atom. The molecule has 52 heavy (non-hydrogen) atoms. The van der Waals surface area contributed by atoms with Crippen molar-refractivity contribution in [3.8, 4) is 22.3 Å². The molecule has 0 heterocycles. The van der Waals surface area contributed by atoms with Crippen LogP contribution in [-0.2, 0) is 0 Å². The van der Waals surface area contributed by atoms with Crippen LogP contribution in [0.15, 0.2) is 182 Å². The first-order valence-electron chi connectivity index (χ1n) is 18.2. The highest BCUT2D eigenvalue weighted by Crippen LogP contribution is 2.45. The van der Waals surface area contributed by atoms with Crippen molar-refractivity contribution in [3.05, 3.63) is 182 Å². The highest BCUT2D eigenvalue weighted by molar-refractivity contribution is 6.29. The molecule has 0 N–H and O–H groups in total. The third-order valence-corrected chi connectivity index (χ3v) is 11.7. The van der Waals surface area contributed by atoms with Crippen molar-refractivity contribution in [2.45, 2.75) is 0 Å². The van der Waals surface area contributed by atoms with Crippen molar-refractivity contribution in [2.24, 2.45) is 0 Å². The lowest BCUT2D eigenvalue weighted by Crippen LogP contribution is -1.91. The fourth-order valence-corrected chi connectivity index (χ4v) is 9.14. The molecular formula is C52H30. The standard InChI is InChI=1S/C52H30/c1-3-8-36-26-49-38(24-34(36)6-1)16-12-31-14-18-40(28-46(31)49)43-22-21-42-30-48(44-11-5-10-33-20-23-45(43)52(42)51(33)44)41-19-15-32-13-17-39-25-35-7-2-4-9-37(35)27-50(39)47(32)29-41/h1-30H. The zero-order valence-electron chi connectivity index (χ0n) is 28.3. The van der Waals surface area contributed by atoms with Gasteiger partial charge >= 0.3 is 0 Å². The molecule has 238 valence electrons. The fourth-order valence-electron chi connectivity index (χ4n) is 9.14. The summed E-state index contributed by atoms with van der Waals surface area (Å²) in [6, 6.07) is 68.4. The lowest BCUT2D eigenvalue weighted by Gasteiger charge is -2.18. The molecule has 0 heteroatoms. The van der Waals surface area contributed by atoms with Gasteiger partial charge in [-0.05, 0) is 162 Å². The Balaban J connectivity index is 1.08. The van der Waals surface area contributed by atoms with Crippen LogP contribution in [0.4, 0.5) is 0 Å². The van der Waals surface area contributed by atoms with Crippen LogP contribution in [0.3, 0.4) is 0 Å². The number of hydrogen-bond donors (Lipinski definition) is 0. The van der Waals surface area contributed by atoms with Gasteiger partial charge < -0.3 is 0 Å². The second-order valence-electron chi connectivity index (χ2n) is 14.5. The van der Waals surface area contributed by atoms with E-state index in [1.54, 1.807) is 0 Å². The Hall–Kier alpha value is -6.76. The highest BCUT2D eigenvalue weighted by atomic mass is 14.2. The molecule has 0 bridgehead atoms. The molecule has 0 spiro atoms. The van der Waals surface area contributed by atoms with E-state index in [1.807, 2.05) is 0 Å². The average Bonchev–Trinajstić information content (AvgIpc) is 3.20. The monoisotopic (exact) mass is 654 g/mol. The third-order valence-electron chi connectivity index (χ3n) is 11.7. The van der Waals surface area contributed by atoms with Gasteiger partial charge in [0.05, 0.1) is 0 Å². The first kappa shape index (κ1) is 28.0. The largest absolute Gasteiger partial charge is 0.0616 e. The van der Waals surface area contributed by atoms with Gasteiger partial charge in [-0.2, -0.15) is 0 Å². The van der Waals surface area contributed by atoms with Crippen molar-refractivity contribution in [2.75, 3.05) is 0 Å². The summed E-state index contributed by atoms with van der Waals surface area (Å²) in [5.74, 6) is 0. The SMILES string of the molecule is c1ccc2cc3c(ccc4ccc(-c5cc6ccc(-c7ccc8ccc9cc%10ccccc%10cc9c8c7)c7ccc8cccc5c8c67)cc43)cc2c1. The lowest BCUT2D eigenvalue weighted by atomic mass is 9.85. The second-order valence-corrected chi connectivity index (χ2v) is 14.5. The van der Waals surface area contributed by atoms with Crippen LogP contribution < -0.4 is 0 Å². The molecule has 0 saturated carbocycles. The van der Waals surface area contributed by atoms with Gasteiger partial charge in [0, 0.05) is 0 Å². The van der Waals surface area contributed by atoms with Gasteiger partial charge in [0.2, 0.25) is 0 Å². The topological polar surface area (TPSA) is 0 Å².